The van der Waals surface area contributed by atoms with Crippen molar-refractivity contribution in [2.24, 2.45) is 0 Å². The number of hydrogen-bond donors (Lipinski definition) is 1. The Balaban J connectivity index is 2.06. The number of carboxylic acids is 1. The van der Waals surface area contributed by atoms with Crippen molar-refractivity contribution in [2.45, 2.75) is 19.9 Å². The summed E-state index contributed by atoms with van der Waals surface area (Å²) >= 11 is 0. The van der Waals surface area contributed by atoms with Crippen LogP contribution in [0.25, 0.3) is 11.0 Å². The highest BCUT2D eigenvalue weighted by Gasteiger charge is 2.13. The highest BCUT2D eigenvalue weighted by molar-refractivity contribution is 6.00. The zero-order chi connectivity index (χ0) is 14.8. The Hall–Kier alpha value is -2.69. The van der Waals surface area contributed by atoms with Gasteiger partial charge in [0, 0.05) is 6.20 Å². The van der Waals surface area contributed by atoms with Gasteiger partial charge in [-0.15, -0.1) is 0 Å². The average molecular weight is 281 g/mol. The van der Waals surface area contributed by atoms with Gasteiger partial charge in [0.05, 0.1) is 29.6 Å². The lowest BCUT2D eigenvalue weighted by Crippen LogP contribution is -2.04. The molecule has 0 aliphatic heterocycles. The minimum atomic E-state index is -0.960. The molecule has 106 valence electrons. The van der Waals surface area contributed by atoms with Crippen molar-refractivity contribution in [1.29, 1.82) is 0 Å². The molecule has 1 aromatic carbocycles. The number of aromatic carboxylic acids is 1. The van der Waals surface area contributed by atoms with E-state index in [0.717, 1.165) is 17.6 Å². The number of imidazole rings is 1. The van der Waals surface area contributed by atoms with Gasteiger partial charge in [-0.2, -0.15) is 0 Å². The first-order valence-electron chi connectivity index (χ1n) is 6.80. The quantitative estimate of drug-likeness (QED) is 0.798. The van der Waals surface area contributed by atoms with Crippen LogP contribution in [0.1, 0.15) is 28.5 Å². The molecule has 3 rings (SSSR count). The van der Waals surface area contributed by atoms with Gasteiger partial charge in [-0.1, -0.05) is 19.1 Å². The molecule has 2 heterocycles. The summed E-state index contributed by atoms with van der Waals surface area (Å²) in [5.74, 6) is -0.960. The van der Waals surface area contributed by atoms with Gasteiger partial charge in [0.2, 0.25) is 0 Å². The number of pyridine rings is 1. The molecule has 0 aliphatic carbocycles. The third-order valence-electron chi connectivity index (χ3n) is 3.57. The van der Waals surface area contributed by atoms with Gasteiger partial charge in [0.15, 0.2) is 0 Å². The van der Waals surface area contributed by atoms with Crippen LogP contribution in [0, 0.1) is 0 Å². The molecule has 0 bridgehead atoms. The van der Waals surface area contributed by atoms with Crippen molar-refractivity contribution in [3.8, 4) is 0 Å². The molecular formula is C16H15N3O2. The Kier molecular flexibility index (Phi) is 3.39. The van der Waals surface area contributed by atoms with E-state index in [2.05, 4.69) is 23.0 Å². The summed E-state index contributed by atoms with van der Waals surface area (Å²) in [6.45, 7) is 2.68. The van der Waals surface area contributed by atoms with E-state index in [4.69, 9.17) is 0 Å². The highest BCUT2D eigenvalue weighted by atomic mass is 16.4. The summed E-state index contributed by atoms with van der Waals surface area (Å²) in [7, 11) is 0. The predicted molar refractivity (Wildman–Crippen MR) is 79.4 cm³/mol. The Morgan fingerprint density at radius 3 is 2.86 bits per heavy atom. The van der Waals surface area contributed by atoms with Crippen molar-refractivity contribution in [1.82, 2.24) is 14.5 Å². The van der Waals surface area contributed by atoms with Gasteiger partial charge in [-0.3, -0.25) is 4.98 Å². The van der Waals surface area contributed by atoms with Crippen molar-refractivity contribution in [3.63, 3.8) is 0 Å². The minimum Gasteiger partial charge on any atom is -0.478 e. The molecule has 0 spiro atoms. The second-order valence-electron chi connectivity index (χ2n) is 4.81. The molecule has 0 unspecified atom stereocenters. The highest BCUT2D eigenvalue weighted by Crippen LogP contribution is 2.19. The zero-order valence-electron chi connectivity index (χ0n) is 11.7. The first kappa shape index (κ1) is 13.3. The molecule has 21 heavy (non-hydrogen) atoms. The van der Waals surface area contributed by atoms with E-state index in [1.165, 1.54) is 5.56 Å². The van der Waals surface area contributed by atoms with Gasteiger partial charge >= 0.3 is 5.97 Å². The molecule has 5 nitrogen and oxygen atoms in total. The standard InChI is InChI=1S/C16H15N3O2/c1-2-11-5-4-8-17-13(11)9-19-10-18-15-12(16(20)21)6-3-7-14(15)19/h3-8,10H,2,9H2,1H3,(H,20,21). The van der Waals surface area contributed by atoms with Crippen LogP contribution in [0.3, 0.4) is 0 Å². The average Bonchev–Trinajstić information content (AvgIpc) is 2.91. The van der Waals surface area contributed by atoms with E-state index >= 15 is 0 Å². The summed E-state index contributed by atoms with van der Waals surface area (Å²) < 4.78 is 1.93. The van der Waals surface area contributed by atoms with Crippen LogP contribution in [0.4, 0.5) is 0 Å². The Bertz CT molecular complexity index is 808. The molecule has 0 radical (unpaired) electrons. The van der Waals surface area contributed by atoms with E-state index in [9.17, 15) is 9.90 Å². The summed E-state index contributed by atoms with van der Waals surface area (Å²) in [4.78, 5) is 19.9. The third-order valence-corrected chi connectivity index (χ3v) is 3.57. The fourth-order valence-corrected chi connectivity index (χ4v) is 2.48. The second kappa shape index (κ2) is 5.36. The number of hydrogen-bond acceptors (Lipinski definition) is 3. The maximum absolute atomic E-state index is 11.2. The van der Waals surface area contributed by atoms with Gasteiger partial charge in [-0.25, -0.2) is 9.78 Å². The summed E-state index contributed by atoms with van der Waals surface area (Å²) in [6.07, 6.45) is 4.36. The molecule has 0 aliphatic rings. The number of carboxylic acid groups (broad SMARTS) is 1. The number of benzene rings is 1. The lowest BCUT2D eigenvalue weighted by molar-refractivity contribution is 0.0699. The number of rotatable bonds is 4. The first-order chi connectivity index (χ1) is 10.2. The van der Waals surface area contributed by atoms with Crippen LogP contribution in [0.15, 0.2) is 42.9 Å². The number of carbonyl (C=O) groups is 1. The van der Waals surface area contributed by atoms with E-state index in [1.807, 2.05) is 16.7 Å². The molecule has 2 aromatic heterocycles. The molecule has 0 amide bonds. The summed E-state index contributed by atoms with van der Waals surface area (Å²) in [5, 5.41) is 9.20. The van der Waals surface area contributed by atoms with Crippen LogP contribution in [0.5, 0.6) is 0 Å². The summed E-state index contributed by atoms with van der Waals surface area (Å²) in [5.41, 5.74) is 3.72. The number of para-hydroxylation sites is 1. The fraction of sp³-hybridized carbons (Fsp3) is 0.188. The smallest absolute Gasteiger partial charge is 0.337 e. The number of fused-ring (bicyclic) bond motifs is 1. The van der Waals surface area contributed by atoms with Crippen LogP contribution in [-0.2, 0) is 13.0 Å². The molecule has 0 fully saturated rings. The lowest BCUT2D eigenvalue weighted by Gasteiger charge is -2.08. The van der Waals surface area contributed by atoms with Crippen LogP contribution in [-0.4, -0.2) is 25.6 Å². The van der Waals surface area contributed by atoms with Gasteiger partial charge in [0.25, 0.3) is 0 Å². The van der Waals surface area contributed by atoms with Crippen LogP contribution in [0.2, 0.25) is 0 Å². The third kappa shape index (κ3) is 2.38. The van der Waals surface area contributed by atoms with E-state index in [-0.39, 0.29) is 5.56 Å². The maximum Gasteiger partial charge on any atom is 0.337 e. The zero-order valence-corrected chi connectivity index (χ0v) is 11.7. The molecule has 1 N–H and O–H groups in total. The fourth-order valence-electron chi connectivity index (χ4n) is 2.48. The molecule has 0 atom stereocenters. The molecule has 0 saturated carbocycles. The summed E-state index contributed by atoms with van der Waals surface area (Å²) in [6, 6.07) is 9.17. The molecule has 5 heteroatoms. The lowest BCUT2D eigenvalue weighted by atomic mass is 10.1. The van der Waals surface area contributed by atoms with E-state index in [1.54, 1.807) is 24.7 Å². The predicted octanol–water partition coefficient (Wildman–Crippen LogP) is 2.74. The van der Waals surface area contributed by atoms with Gasteiger partial charge < -0.3 is 9.67 Å². The van der Waals surface area contributed by atoms with Crippen molar-refractivity contribution in [3.05, 3.63) is 59.7 Å². The van der Waals surface area contributed by atoms with Crippen molar-refractivity contribution >= 4 is 17.0 Å². The molecule has 3 aromatic rings. The van der Waals surface area contributed by atoms with Crippen LogP contribution < -0.4 is 0 Å². The van der Waals surface area contributed by atoms with Gasteiger partial charge in [0.1, 0.15) is 5.52 Å². The maximum atomic E-state index is 11.2. The number of aromatic nitrogens is 3. The Morgan fingerprint density at radius 1 is 1.24 bits per heavy atom. The van der Waals surface area contributed by atoms with Crippen LogP contribution >= 0.6 is 0 Å². The first-order valence-corrected chi connectivity index (χ1v) is 6.80. The number of aryl methyl sites for hydroxylation is 1. The SMILES string of the molecule is CCc1cccnc1Cn1cnc2c(C(=O)O)cccc21. The second-order valence-corrected chi connectivity index (χ2v) is 4.81. The normalized spacial score (nSPS) is 10.9. The minimum absolute atomic E-state index is 0.225. The monoisotopic (exact) mass is 281 g/mol. The topological polar surface area (TPSA) is 68.0 Å². The van der Waals surface area contributed by atoms with Crippen molar-refractivity contribution in [2.75, 3.05) is 0 Å². The van der Waals surface area contributed by atoms with E-state index in [0.29, 0.717) is 12.1 Å². The largest absolute Gasteiger partial charge is 0.478 e. The van der Waals surface area contributed by atoms with E-state index < -0.39 is 5.97 Å². The van der Waals surface area contributed by atoms with Crippen molar-refractivity contribution < 1.29 is 9.90 Å². The molecular weight excluding hydrogens is 266 g/mol. The molecule has 0 saturated heterocycles. The van der Waals surface area contributed by atoms with Gasteiger partial charge in [-0.05, 0) is 30.2 Å². The Labute approximate surface area is 121 Å². The number of nitrogens with zero attached hydrogens (tertiary/aromatic N) is 3. The Morgan fingerprint density at radius 2 is 2.10 bits per heavy atom.